The second-order valence-electron chi connectivity index (χ2n) is 11.5. The van der Waals surface area contributed by atoms with Crippen molar-refractivity contribution in [1.29, 1.82) is 0 Å². The van der Waals surface area contributed by atoms with E-state index in [1.807, 2.05) is 17.0 Å². The molecule has 182 valence electrons. The van der Waals surface area contributed by atoms with E-state index in [1.165, 1.54) is 74.0 Å². The molecular weight excluding hydrogens is 418 g/mol. The number of hydrogen-bond acceptors (Lipinski definition) is 3. The Hall–Kier alpha value is -2.33. The van der Waals surface area contributed by atoms with Crippen molar-refractivity contribution in [1.82, 2.24) is 9.80 Å². The van der Waals surface area contributed by atoms with E-state index in [-0.39, 0.29) is 11.3 Å². The maximum absolute atomic E-state index is 13.1. The van der Waals surface area contributed by atoms with E-state index in [0.717, 1.165) is 37.8 Å². The summed E-state index contributed by atoms with van der Waals surface area (Å²) in [5, 5.41) is 0. The van der Waals surface area contributed by atoms with E-state index in [4.69, 9.17) is 0 Å². The number of amides is 1. The Morgan fingerprint density at radius 3 is 2.09 bits per heavy atom. The van der Waals surface area contributed by atoms with Crippen molar-refractivity contribution in [2.45, 2.75) is 70.8 Å². The van der Waals surface area contributed by atoms with Gasteiger partial charge in [0.2, 0.25) is 0 Å². The van der Waals surface area contributed by atoms with Crippen LogP contribution in [0.5, 0.6) is 0 Å². The van der Waals surface area contributed by atoms with E-state index in [2.05, 4.69) is 60.9 Å². The monoisotopic (exact) mass is 459 g/mol. The molecule has 0 radical (unpaired) electrons. The molecule has 0 spiro atoms. The zero-order chi connectivity index (χ0) is 23.7. The molecule has 1 amide bonds. The molecule has 1 saturated carbocycles. The predicted octanol–water partition coefficient (Wildman–Crippen LogP) is 5.29. The Balaban J connectivity index is 1.19. The Morgan fingerprint density at radius 2 is 1.44 bits per heavy atom. The largest absolute Gasteiger partial charge is 0.368 e. The van der Waals surface area contributed by atoms with Gasteiger partial charge in [-0.05, 0) is 72.1 Å². The van der Waals surface area contributed by atoms with Gasteiger partial charge < -0.3 is 9.80 Å². The van der Waals surface area contributed by atoms with Gasteiger partial charge in [0.25, 0.3) is 5.91 Å². The fourth-order valence-corrected chi connectivity index (χ4v) is 6.02. The van der Waals surface area contributed by atoms with Gasteiger partial charge in [-0.25, -0.2) is 0 Å². The lowest BCUT2D eigenvalue weighted by atomic mass is 9.86. The molecule has 5 rings (SSSR count). The van der Waals surface area contributed by atoms with Crippen LogP contribution in [0.2, 0.25) is 0 Å². The van der Waals surface area contributed by atoms with Gasteiger partial charge in [-0.3, -0.25) is 9.69 Å². The van der Waals surface area contributed by atoms with E-state index >= 15 is 0 Å². The number of anilines is 1. The molecule has 4 nitrogen and oxygen atoms in total. The maximum Gasteiger partial charge on any atom is 0.253 e. The van der Waals surface area contributed by atoms with Gasteiger partial charge in [-0.15, -0.1) is 0 Å². The van der Waals surface area contributed by atoms with Crippen molar-refractivity contribution >= 4 is 11.6 Å². The van der Waals surface area contributed by atoms with Gasteiger partial charge in [0.05, 0.1) is 0 Å². The number of rotatable bonds is 3. The van der Waals surface area contributed by atoms with Gasteiger partial charge in [0.1, 0.15) is 0 Å². The average molecular weight is 460 g/mol. The number of piperazine rings is 1. The van der Waals surface area contributed by atoms with Crippen molar-refractivity contribution in [2.75, 3.05) is 44.2 Å². The summed E-state index contributed by atoms with van der Waals surface area (Å²) < 4.78 is 0. The molecule has 0 bridgehead atoms. The van der Waals surface area contributed by atoms with E-state index in [1.54, 1.807) is 0 Å². The molecular formula is C30H41N3O. The van der Waals surface area contributed by atoms with Gasteiger partial charge in [0.15, 0.2) is 0 Å². The first kappa shape index (κ1) is 23.4. The van der Waals surface area contributed by atoms with Crippen molar-refractivity contribution in [2.24, 2.45) is 0 Å². The molecule has 2 aliphatic heterocycles. The molecule has 2 aromatic rings. The Bertz CT molecular complexity index is 993. The van der Waals surface area contributed by atoms with Gasteiger partial charge in [0, 0.05) is 56.6 Å². The first-order valence-corrected chi connectivity index (χ1v) is 13.4. The van der Waals surface area contributed by atoms with Crippen molar-refractivity contribution in [3.8, 4) is 0 Å². The molecule has 1 aliphatic carbocycles. The SMILES string of the molecule is CC(C)(C)c1ccc(C(=O)N2CCN(c3ccc4c(c3)CCN(C3CCCC3)CC4)CC2)cc1. The number of hydrogen-bond donors (Lipinski definition) is 0. The first-order chi connectivity index (χ1) is 16.4. The molecule has 4 heteroatoms. The van der Waals surface area contributed by atoms with Crippen molar-refractivity contribution in [3.63, 3.8) is 0 Å². The molecule has 0 N–H and O–H groups in total. The normalized spacial score (nSPS) is 20.3. The summed E-state index contributed by atoms with van der Waals surface area (Å²) in [6.45, 7) is 12.4. The summed E-state index contributed by atoms with van der Waals surface area (Å²) in [5.41, 5.74) is 6.58. The average Bonchev–Trinajstić information content (AvgIpc) is 3.30. The zero-order valence-corrected chi connectivity index (χ0v) is 21.4. The fourth-order valence-electron chi connectivity index (χ4n) is 6.02. The van der Waals surface area contributed by atoms with Crippen LogP contribution in [0.3, 0.4) is 0 Å². The van der Waals surface area contributed by atoms with Crippen LogP contribution in [0, 0.1) is 0 Å². The summed E-state index contributed by atoms with van der Waals surface area (Å²) in [6.07, 6.45) is 7.96. The quantitative estimate of drug-likeness (QED) is 0.624. The predicted molar refractivity (Wildman–Crippen MR) is 141 cm³/mol. The van der Waals surface area contributed by atoms with Gasteiger partial charge >= 0.3 is 0 Å². The van der Waals surface area contributed by atoms with Crippen LogP contribution < -0.4 is 4.90 Å². The highest BCUT2D eigenvalue weighted by Crippen LogP contribution is 2.29. The summed E-state index contributed by atoms with van der Waals surface area (Å²) in [5.74, 6) is 0.161. The summed E-state index contributed by atoms with van der Waals surface area (Å²) in [4.78, 5) is 20.3. The topological polar surface area (TPSA) is 26.8 Å². The number of carbonyl (C=O) groups excluding carboxylic acids is 1. The minimum atomic E-state index is 0.107. The number of carbonyl (C=O) groups is 1. The molecule has 2 heterocycles. The smallest absolute Gasteiger partial charge is 0.253 e. The molecule has 34 heavy (non-hydrogen) atoms. The fraction of sp³-hybridized carbons (Fsp3) is 0.567. The number of benzene rings is 2. The number of fused-ring (bicyclic) bond motifs is 1. The lowest BCUT2D eigenvalue weighted by molar-refractivity contribution is 0.0746. The minimum Gasteiger partial charge on any atom is -0.368 e. The highest BCUT2D eigenvalue weighted by Gasteiger charge is 2.26. The Labute approximate surface area is 205 Å². The lowest BCUT2D eigenvalue weighted by Gasteiger charge is -2.36. The maximum atomic E-state index is 13.1. The van der Waals surface area contributed by atoms with Crippen LogP contribution >= 0.6 is 0 Å². The van der Waals surface area contributed by atoms with Gasteiger partial charge in [-0.1, -0.05) is 51.8 Å². The highest BCUT2D eigenvalue weighted by atomic mass is 16.2. The molecule has 1 saturated heterocycles. The Kier molecular flexibility index (Phi) is 6.70. The molecule has 3 aliphatic rings. The molecule has 2 aromatic carbocycles. The van der Waals surface area contributed by atoms with Crippen molar-refractivity contribution in [3.05, 3.63) is 64.7 Å². The third-order valence-corrected chi connectivity index (χ3v) is 8.30. The summed E-state index contributed by atoms with van der Waals surface area (Å²) >= 11 is 0. The molecule has 0 aromatic heterocycles. The van der Waals surface area contributed by atoms with E-state index < -0.39 is 0 Å². The van der Waals surface area contributed by atoms with Crippen LogP contribution in [-0.4, -0.2) is 61.0 Å². The van der Waals surface area contributed by atoms with Crippen LogP contribution in [0.4, 0.5) is 5.69 Å². The number of nitrogens with zero attached hydrogens (tertiary/aromatic N) is 3. The minimum absolute atomic E-state index is 0.107. The van der Waals surface area contributed by atoms with Gasteiger partial charge in [-0.2, -0.15) is 0 Å². The third kappa shape index (κ3) is 5.02. The first-order valence-electron chi connectivity index (χ1n) is 13.4. The second-order valence-corrected chi connectivity index (χ2v) is 11.5. The molecule has 0 atom stereocenters. The van der Waals surface area contributed by atoms with Crippen molar-refractivity contribution < 1.29 is 4.79 Å². The summed E-state index contributed by atoms with van der Waals surface area (Å²) in [7, 11) is 0. The Morgan fingerprint density at radius 1 is 0.794 bits per heavy atom. The standard InChI is InChI=1S/C30H41N3O/c1-30(2,3)26-11-8-24(9-12-26)29(34)33-20-18-32(19-21-33)28-13-10-23-14-16-31(17-15-25(23)22-28)27-6-4-5-7-27/h8-13,22,27H,4-7,14-21H2,1-3H3. The molecule has 0 unspecified atom stereocenters. The lowest BCUT2D eigenvalue weighted by Crippen LogP contribution is -2.48. The van der Waals surface area contributed by atoms with E-state index in [9.17, 15) is 4.79 Å². The second kappa shape index (κ2) is 9.73. The third-order valence-electron chi connectivity index (χ3n) is 8.30. The van der Waals surface area contributed by atoms with Crippen LogP contribution in [0.25, 0.3) is 0 Å². The van der Waals surface area contributed by atoms with Crippen LogP contribution in [0.15, 0.2) is 42.5 Å². The van der Waals surface area contributed by atoms with E-state index in [0.29, 0.717) is 0 Å². The summed E-state index contributed by atoms with van der Waals surface area (Å²) in [6, 6.07) is 16.1. The van der Waals surface area contributed by atoms with Crippen LogP contribution in [-0.2, 0) is 18.3 Å². The van der Waals surface area contributed by atoms with Crippen LogP contribution in [0.1, 0.15) is 73.5 Å². The zero-order valence-electron chi connectivity index (χ0n) is 21.4. The molecule has 2 fully saturated rings. The highest BCUT2D eigenvalue weighted by molar-refractivity contribution is 5.94.